The van der Waals surface area contributed by atoms with Crippen LogP contribution in [0.15, 0.2) is 24.3 Å². The monoisotopic (exact) mass is 266 g/mol. The van der Waals surface area contributed by atoms with Gasteiger partial charge in [-0.25, -0.2) is 0 Å². The molecule has 0 amide bonds. The minimum atomic E-state index is 0.0799. The highest BCUT2D eigenvalue weighted by molar-refractivity contribution is 6.00. The van der Waals surface area contributed by atoms with E-state index in [-0.39, 0.29) is 16.9 Å². The molecule has 102 valence electrons. The molecule has 2 nitrogen and oxygen atoms in total. The maximum absolute atomic E-state index is 6.26. The van der Waals surface area contributed by atoms with E-state index in [1.165, 1.54) is 0 Å². The summed E-state index contributed by atoms with van der Waals surface area (Å²) in [5.41, 5.74) is 0.160. The number of rotatable bonds is 3. The topological polar surface area (TPSA) is 18.5 Å². The molecule has 0 radical (unpaired) electrons. The Hall–Kier alpha value is -0.963. The lowest BCUT2D eigenvalue weighted by Crippen LogP contribution is -2.42. The summed E-state index contributed by atoms with van der Waals surface area (Å²) in [5, 5.41) is 0. The third-order valence-electron chi connectivity index (χ3n) is 2.89. The molecule has 18 heavy (non-hydrogen) atoms. The van der Waals surface area contributed by atoms with Gasteiger partial charge in [0.25, 0.3) is 0 Å². The average molecular weight is 266 g/mol. The molecule has 0 aliphatic rings. The highest BCUT2D eigenvalue weighted by Gasteiger charge is 2.37. The summed E-state index contributed by atoms with van der Waals surface area (Å²) in [6.07, 6.45) is 0.128. The van der Waals surface area contributed by atoms with E-state index >= 15 is 0 Å². The van der Waals surface area contributed by atoms with Crippen LogP contribution in [0.1, 0.15) is 41.5 Å². The quantitative estimate of drug-likeness (QED) is 0.782. The van der Waals surface area contributed by atoms with Gasteiger partial charge in [-0.2, -0.15) is 0 Å². The molecule has 0 spiro atoms. The molecule has 0 heterocycles. The Bertz CT molecular complexity index is 374. The van der Waals surface area contributed by atoms with Crippen LogP contribution >= 0.6 is 0 Å². The molecule has 1 aromatic carbocycles. The van der Waals surface area contributed by atoms with E-state index < -0.39 is 0 Å². The summed E-state index contributed by atoms with van der Waals surface area (Å²) < 4.78 is 11.7. The first-order valence-electron chi connectivity index (χ1n) is 6.46. The van der Waals surface area contributed by atoms with Crippen LogP contribution in [-0.2, 0) is 0 Å². The van der Waals surface area contributed by atoms with E-state index in [1.54, 1.807) is 0 Å². The fourth-order valence-electron chi connectivity index (χ4n) is 2.50. The van der Waals surface area contributed by atoms with Crippen LogP contribution in [0, 0.1) is 10.8 Å². The van der Waals surface area contributed by atoms with Gasteiger partial charge >= 0.3 is 0 Å². The highest BCUT2D eigenvalue weighted by Crippen LogP contribution is 2.39. The van der Waals surface area contributed by atoms with Crippen LogP contribution in [0.5, 0.6) is 11.5 Å². The molecule has 0 unspecified atom stereocenters. The van der Waals surface area contributed by atoms with Crippen molar-refractivity contribution < 1.29 is 9.16 Å². The first kappa shape index (κ1) is 15.1. The predicted octanol–water partition coefficient (Wildman–Crippen LogP) is 3.19. The van der Waals surface area contributed by atoms with Crippen LogP contribution in [0.25, 0.3) is 0 Å². The lowest BCUT2D eigenvalue weighted by atomic mass is 9.74. The summed E-state index contributed by atoms with van der Waals surface area (Å²) >= 11 is 0. The SMILES string of the molecule is CC(C)(C)C(Oc1ccccc1O[SiH3])C(C)(C)C. The first-order chi connectivity index (χ1) is 8.16. The van der Waals surface area contributed by atoms with E-state index in [2.05, 4.69) is 41.5 Å². The molecule has 0 saturated heterocycles. The van der Waals surface area contributed by atoms with Crippen molar-refractivity contribution in [1.29, 1.82) is 0 Å². The van der Waals surface area contributed by atoms with Crippen molar-refractivity contribution in [2.45, 2.75) is 47.6 Å². The lowest BCUT2D eigenvalue weighted by molar-refractivity contribution is -0.00266. The van der Waals surface area contributed by atoms with E-state index in [4.69, 9.17) is 9.16 Å². The zero-order valence-corrected chi connectivity index (χ0v) is 14.7. The van der Waals surface area contributed by atoms with Crippen LogP contribution in [0.3, 0.4) is 0 Å². The van der Waals surface area contributed by atoms with Gasteiger partial charge in [-0.3, -0.25) is 0 Å². The number of hydrogen-bond donors (Lipinski definition) is 0. The number of ether oxygens (including phenoxy) is 1. The van der Waals surface area contributed by atoms with Gasteiger partial charge in [-0.15, -0.1) is 0 Å². The van der Waals surface area contributed by atoms with Crippen molar-refractivity contribution in [2.24, 2.45) is 10.8 Å². The first-order valence-corrected chi connectivity index (χ1v) is 7.27. The third kappa shape index (κ3) is 3.77. The van der Waals surface area contributed by atoms with Crippen molar-refractivity contribution in [3.05, 3.63) is 24.3 Å². The summed E-state index contributed by atoms with van der Waals surface area (Å²) in [4.78, 5) is 0. The Labute approximate surface area is 114 Å². The predicted molar refractivity (Wildman–Crippen MR) is 80.3 cm³/mol. The maximum Gasteiger partial charge on any atom is 0.204 e. The minimum absolute atomic E-state index is 0.0799. The Morgan fingerprint density at radius 2 is 1.33 bits per heavy atom. The van der Waals surface area contributed by atoms with Gasteiger partial charge in [0.05, 0.1) is 0 Å². The molecule has 0 N–H and O–H groups in total. The normalized spacial score (nSPS) is 12.8. The average Bonchev–Trinajstić information content (AvgIpc) is 2.23. The fraction of sp³-hybridized carbons (Fsp3) is 0.600. The molecule has 0 aliphatic heterocycles. The molecule has 0 aliphatic carbocycles. The molecule has 0 aromatic heterocycles. The molecule has 1 aromatic rings. The van der Waals surface area contributed by atoms with Gasteiger partial charge in [0.15, 0.2) is 5.75 Å². The van der Waals surface area contributed by atoms with Crippen molar-refractivity contribution >= 4 is 10.5 Å². The Kier molecular flexibility index (Phi) is 4.49. The van der Waals surface area contributed by atoms with Crippen molar-refractivity contribution in [3.63, 3.8) is 0 Å². The lowest BCUT2D eigenvalue weighted by Gasteiger charge is -2.40. The molecule has 0 bridgehead atoms. The molecule has 0 fully saturated rings. The largest absolute Gasteiger partial charge is 0.551 e. The van der Waals surface area contributed by atoms with E-state index in [0.29, 0.717) is 10.5 Å². The second kappa shape index (κ2) is 5.35. The zero-order valence-electron chi connectivity index (χ0n) is 12.7. The molecular formula is C15H26O2Si. The van der Waals surface area contributed by atoms with Crippen LogP contribution < -0.4 is 9.16 Å². The van der Waals surface area contributed by atoms with Gasteiger partial charge in [0.1, 0.15) is 11.9 Å². The smallest absolute Gasteiger partial charge is 0.204 e. The second-order valence-electron chi connectivity index (χ2n) is 6.88. The number of para-hydroxylation sites is 2. The molecule has 0 saturated carbocycles. The summed E-state index contributed by atoms with van der Waals surface area (Å²) in [6.45, 7) is 13.3. The van der Waals surface area contributed by atoms with Crippen LogP contribution in [-0.4, -0.2) is 16.6 Å². The van der Waals surface area contributed by atoms with Gasteiger partial charge < -0.3 is 9.16 Å². The maximum atomic E-state index is 6.26. The number of benzene rings is 1. The summed E-state index contributed by atoms with van der Waals surface area (Å²) in [7, 11) is 0.674. The molecule has 0 atom stereocenters. The van der Waals surface area contributed by atoms with E-state index in [1.807, 2.05) is 24.3 Å². The molecule has 1 rings (SSSR count). The third-order valence-corrected chi connectivity index (χ3v) is 3.33. The van der Waals surface area contributed by atoms with E-state index in [0.717, 1.165) is 11.5 Å². The summed E-state index contributed by atoms with van der Waals surface area (Å²) in [6, 6.07) is 7.91. The molecular weight excluding hydrogens is 240 g/mol. The standard InChI is InChI=1S/C15H26O2Si/c1-14(2,3)13(15(4,5)6)16-11-9-7-8-10-12(11)17-18/h7-10,13H,1-6,18H3. The van der Waals surface area contributed by atoms with Gasteiger partial charge in [-0.05, 0) is 23.0 Å². The number of hydrogen-bond acceptors (Lipinski definition) is 2. The van der Waals surface area contributed by atoms with E-state index in [9.17, 15) is 0 Å². The van der Waals surface area contributed by atoms with Gasteiger partial charge in [0.2, 0.25) is 10.5 Å². The van der Waals surface area contributed by atoms with Gasteiger partial charge in [0, 0.05) is 0 Å². The van der Waals surface area contributed by atoms with Crippen LogP contribution in [0.2, 0.25) is 0 Å². The zero-order chi connectivity index (χ0) is 14.0. The second-order valence-corrected chi connectivity index (χ2v) is 7.29. The van der Waals surface area contributed by atoms with Crippen LogP contribution in [0.4, 0.5) is 0 Å². The fourth-order valence-corrected chi connectivity index (χ4v) is 2.83. The minimum Gasteiger partial charge on any atom is -0.551 e. The Morgan fingerprint density at radius 1 is 0.889 bits per heavy atom. The Morgan fingerprint density at radius 3 is 1.72 bits per heavy atom. The van der Waals surface area contributed by atoms with Gasteiger partial charge in [-0.1, -0.05) is 53.7 Å². The highest BCUT2D eigenvalue weighted by atomic mass is 28.2. The van der Waals surface area contributed by atoms with Crippen molar-refractivity contribution in [3.8, 4) is 11.5 Å². The summed E-state index contributed by atoms with van der Waals surface area (Å²) in [5.74, 6) is 1.70. The van der Waals surface area contributed by atoms with Crippen molar-refractivity contribution in [2.75, 3.05) is 0 Å². The molecule has 3 heteroatoms. The van der Waals surface area contributed by atoms with Crippen molar-refractivity contribution in [1.82, 2.24) is 0 Å². The Balaban J connectivity index is 3.05.